The zero-order valence-corrected chi connectivity index (χ0v) is 9.72. The van der Waals surface area contributed by atoms with E-state index in [4.69, 9.17) is 11.1 Å². The molecule has 0 aliphatic carbocycles. The lowest BCUT2D eigenvalue weighted by molar-refractivity contribution is -0.161. The average Bonchev–Trinajstić information content (AvgIpc) is 2.13. The van der Waals surface area contributed by atoms with Crippen molar-refractivity contribution in [3.63, 3.8) is 0 Å². The van der Waals surface area contributed by atoms with Gasteiger partial charge in [0.1, 0.15) is 11.8 Å². The van der Waals surface area contributed by atoms with Crippen molar-refractivity contribution >= 4 is 5.84 Å². The number of nitrogens with one attached hydrogen (secondary N) is 1. The Morgan fingerprint density at radius 2 is 1.94 bits per heavy atom. The SMILES string of the molecule is CC1(O)CCN(CC(C(=N)N)C(F)(F)F)CC1. The minimum Gasteiger partial charge on any atom is -0.390 e. The molecule has 7 heteroatoms. The number of aliphatic hydroxyl groups is 1. The highest BCUT2D eigenvalue weighted by Crippen LogP contribution is 2.29. The quantitative estimate of drug-likeness (QED) is 0.518. The number of piperidine rings is 1. The zero-order chi connectivity index (χ0) is 13.3. The summed E-state index contributed by atoms with van der Waals surface area (Å²) >= 11 is 0. The topological polar surface area (TPSA) is 73.3 Å². The van der Waals surface area contributed by atoms with Gasteiger partial charge in [0.25, 0.3) is 0 Å². The number of likely N-dealkylation sites (tertiary alicyclic amines) is 1. The normalized spacial score (nSPS) is 23.4. The van der Waals surface area contributed by atoms with Gasteiger partial charge in [-0.2, -0.15) is 13.2 Å². The molecule has 0 aromatic carbocycles. The second kappa shape index (κ2) is 4.81. The average molecular weight is 253 g/mol. The summed E-state index contributed by atoms with van der Waals surface area (Å²) in [7, 11) is 0. The Morgan fingerprint density at radius 3 is 2.29 bits per heavy atom. The van der Waals surface area contributed by atoms with Gasteiger partial charge in [-0.05, 0) is 19.8 Å². The summed E-state index contributed by atoms with van der Waals surface area (Å²) in [6, 6.07) is 0. The number of alkyl halides is 3. The molecule has 100 valence electrons. The summed E-state index contributed by atoms with van der Waals surface area (Å²) < 4.78 is 37.7. The van der Waals surface area contributed by atoms with Gasteiger partial charge in [-0.15, -0.1) is 0 Å². The maximum Gasteiger partial charge on any atom is 0.399 e. The molecule has 0 bridgehead atoms. The summed E-state index contributed by atoms with van der Waals surface area (Å²) in [5.41, 5.74) is 4.19. The number of hydrogen-bond donors (Lipinski definition) is 3. The highest BCUT2D eigenvalue weighted by atomic mass is 19.4. The van der Waals surface area contributed by atoms with Gasteiger partial charge in [0.2, 0.25) is 0 Å². The molecular weight excluding hydrogens is 235 g/mol. The lowest BCUT2D eigenvalue weighted by Crippen LogP contribution is -2.49. The second-order valence-electron chi connectivity index (χ2n) is 4.85. The maximum atomic E-state index is 12.6. The maximum absolute atomic E-state index is 12.6. The first-order valence-corrected chi connectivity index (χ1v) is 5.47. The molecule has 1 fully saturated rings. The molecule has 1 aliphatic rings. The first-order valence-electron chi connectivity index (χ1n) is 5.47. The Morgan fingerprint density at radius 1 is 1.47 bits per heavy atom. The van der Waals surface area contributed by atoms with Gasteiger partial charge in [-0.25, -0.2) is 0 Å². The van der Waals surface area contributed by atoms with Gasteiger partial charge in [0.15, 0.2) is 0 Å². The van der Waals surface area contributed by atoms with Crippen molar-refractivity contribution in [1.82, 2.24) is 4.90 Å². The largest absolute Gasteiger partial charge is 0.399 e. The minimum absolute atomic E-state index is 0.297. The van der Waals surface area contributed by atoms with E-state index in [1.807, 2.05) is 0 Å². The van der Waals surface area contributed by atoms with E-state index in [-0.39, 0.29) is 6.54 Å². The van der Waals surface area contributed by atoms with Crippen LogP contribution < -0.4 is 5.73 Å². The van der Waals surface area contributed by atoms with Gasteiger partial charge in [0.05, 0.1) is 5.60 Å². The molecule has 0 radical (unpaired) electrons. The third kappa shape index (κ3) is 4.16. The fourth-order valence-electron chi connectivity index (χ4n) is 1.85. The van der Waals surface area contributed by atoms with Gasteiger partial charge in [-0.3, -0.25) is 5.41 Å². The highest BCUT2D eigenvalue weighted by Gasteiger charge is 2.43. The van der Waals surface area contributed by atoms with Gasteiger partial charge in [-0.1, -0.05) is 0 Å². The Balaban J connectivity index is 2.56. The number of rotatable bonds is 3. The molecule has 1 heterocycles. The van der Waals surface area contributed by atoms with E-state index in [1.165, 1.54) is 0 Å². The van der Waals surface area contributed by atoms with Gasteiger partial charge >= 0.3 is 6.18 Å². The number of nitrogens with two attached hydrogens (primary N) is 1. The summed E-state index contributed by atoms with van der Waals surface area (Å²) in [6.07, 6.45) is -3.60. The summed E-state index contributed by atoms with van der Waals surface area (Å²) in [6.45, 7) is 2.17. The molecule has 1 saturated heterocycles. The van der Waals surface area contributed by atoms with Crippen molar-refractivity contribution in [3.8, 4) is 0 Å². The van der Waals surface area contributed by atoms with E-state index in [2.05, 4.69) is 0 Å². The first kappa shape index (κ1) is 14.2. The predicted molar refractivity (Wildman–Crippen MR) is 57.8 cm³/mol. The molecule has 4 N–H and O–H groups in total. The second-order valence-corrected chi connectivity index (χ2v) is 4.85. The van der Waals surface area contributed by atoms with Crippen LogP contribution in [-0.4, -0.2) is 47.3 Å². The molecular formula is C10H18F3N3O. The molecule has 1 atom stereocenters. The summed E-state index contributed by atoms with van der Waals surface area (Å²) in [4.78, 5) is 1.59. The number of hydrogen-bond acceptors (Lipinski definition) is 3. The van der Waals surface area contributed by atoms with Crippen LogP contribution in [0.15, 0.2) is 0 Å². The van der Waals surface area contributed by atoms with Crippen LogP contribution in [0, 0.1) is 11.3 Å². The molecule has 1 aliphatic heterocycles. The van der Waals surface area contributed by atoms with Crippen molar-refractivity contribution in [1.29, 1.82) is 5.41 Å². The summed E-state index contributed by atoms with van der Waals surface area (Å²) in [5.74, 6) is -2.76. The molecule has 0 spiro atoms. The molecule has 0 amide bonds. The smallest absolute Gasteiger partial charge is 0.390 e. The molecule has 1 unspecified atom stereocenters. The van der Waals surface area contributed by atoms with Crippen molar-refractivity contribution in [2.24, 2.45) is 11.7 Å². The van der Waals surface area contributed by atoms with E-state index in [0.717, 1.165) is 0 Å². The third-order valence-corrected chi connectivity index (χ3v) is 3.14. The molecule has 0 aromatic heterocycles. The van der Waals surface area contributed by atoms with Crippen LogP contribution in [0.5, 0.6) is 0 Å². The standard InChI is InChI=1S/C10H18F3N3O/c1-9(17)2-4-16(5-3-9)6-7(8(14)15)10(11,12)13/h7,17H,2-6H2,1H3,(H3,14,15). The number of amidine groups is 1. The van der Waals surface area contributed by atoms with Crippen LogP contribution in [0.25, 0.3) is 0 Å². The van der Waals surface area contributed by atoms with Crippen LogP contribution in [0.1, 0.15) is 19.8 Å². The van der Waals surface area contributed by atoms with Crippen molar-refractivity contribution in [3.05, 3.63) is 0 Å². The Kier molecular flexibility index (Phi) is 4.03. The molecule has 17 heavy (non-hydrogen) atoms. The predicted octanol–water partition coefficient (Wildman–Crippen LogP) is 0.948. The fraction of sp³-hybridized carbons (Fsp3) is 0.900. The van der Waals surface area contributed by atoms with Crippen LogP contribution in [0.3, 0.4) is 0 Å². The zero-order valence-electron chi connectivity index (χ0n) is 9.72. The van der Waals surface area contributed by atoms with Crippen molar-refractivity contribution < 1.29 is 18.3 Å². The van der Waals surface area contributed by atoms with Crippen molar-refractivity contribution in [2.75, 3.05) is 19.6 Å². The minimum atomic E-state index is -4.48. The van der Waals surface area contributed by atoms with Crippen LogP contribution in [0.4, 0.5) is 13.2 Å². The van der Waals surface area contributed by atoms with E-state index >= 15 is 0 Å². The van der Waals surface area contributed by atoms with Crippen LogP contribution in [-0.2, 0) is 0 Å². The van der Waals surface area contributed by atoms with Gasteiger partial charge in [0, 0.05) is 19.6 Å². The Labute approximate surface area is 98.1 Å². The highest BCUT2D eigenvalue weighted by molar-refractivity contribution is 5.80. The molecule has 0 aromatic rings. The number of nitrogens with zero attached hydrogens (tertiary/aromatic N) is 1. The van der Waals surface area contributed by atoms with Gasteiger partial charge < -0.3 is 15.7 Å². The van der Waals surface area contributed by atoms with Crippen LogP contribution >= 0.6 is 0 Å². The summed E-state index contributed by atoms with van der Waals surface area (Å²) in [5, 5.41) is 16.7. The lowest BCUT2D eigenvalue weighted by atomic mass is 9.93. The Bertz CT molecular complexity index is 281. The monoisotopic (exact) mass is 253 g/mol. The lowest BCUT2D eigenvalue weighted by Gasteiger charge is -2.37. The van der Waals surface area contributed by atoms with Crippen LogP contribution in [0.2, 0.25) is 0 Å². The van der Waals surface area contributed by atoms with E-state index in [0.29, 0.717) is 25.9 Å². The molecule has 1 rings (SSSR count). The third-order valence-electron chi connectivity index (χ3n) is 3.14. The van der Waals surface area contributed by atoms with E-state index in [9.17, 15) is 18.3 Å². The van der Waals surface area contributed by atoms with E-state index in [1.54, 1.807) is 11.8 Å². The van der Waals surface area contributed by atoms with E-state index < -0.39 is 23.5 Å². The van der Waals surface area contributed by atoms with Crippen molar-refractivity contribution in [2.45, 2.75) is 31.5 Å². The molecule has 0 saturated carbocycles. The molecule has 4 nitrogen and oxygen atoms in total. The number of halogens is 3. The Hall–Kier alpha value is -0.820. The first-order chi connectivity index (χ1) is 7.62. The fourth-order valence-corrected chi connectivity index (χ4v) is 1.85.